The third kappa shape index (κ3) is 2.96. The summed E-state index contributed by atoms with van der Waals surface area (Å²) in [5.74, 6) is 0.812. The number of Topliss-reactive ketones (excluding diaryl/α,β-unsaturated/α-hetero) is 1. The van der Waals surface area contributed by atoms with E-state index in [2.05, 4.69) is 32.6 Å². The van der Waals surface area contributed by atoms with Crippen LogP contribution in [0.1, 0.15) is 66.2 Å². The maximum atomic E-state index is 12.1. The molecule has 0 amide bonds. The van der Waals surface area contributed by atoms with Gasteiger partial charge in [0.1, 0.15) is 5.78 Å². The lowest BCUT2D eigenvalue weighted by molar-refractivity contribution is -0.128. The summed E-state index contributed by atoms with van der Waals surface area (Å²) in [4.78, 5) is 14.8. The first-order valence-electron chi connectivity index (χ1n) is 7.71. The fourth-order valence-electron chi connectivity index (χ4n) is 3.86. The highest BCUT2D eigenvalue weighted by atomic mass is 16.1. The fraction of sp³-hybridized carbons (Fsp3) is 0.938. The minimum absolute atomic E-state index is 0.295. The first kappa shape index (κ1) is 14.0. The average molecular weight is 251 g/mol. The number of likely N-dealkylation sites (tertiary alicyclic amines) is 1. The van der Waals surface area contributed by atoms with E-state index in [1.165, 1.54) is 19.3 Å². The smallest absolute Gasteiger partial charge is 0.137 e. The van der Waals surface area contributed by atoms with Gasteiger partial charge in [-0.3, -0.25) is 9.69 Å². The van der Waals surface area contributed by atoms with Crippen LogP contribution in [-0.4, -0.2) is 29.3 Å². The topological polar surface area (TPSA) is 20.3 Å². The Bertz CT molecular complexity index is 310. The molecular weight excluding hydrogens is 222 g/mol. The van der Waals surface area contributed by atoms with Crippen LogP contribution in [0.4, 0.5) is 0 Å². The van der Waals surface area contributed by atoms with E-state index in [4.69, 9.17) is 0 Å². The van der Waals surface area contributed by atoms with Gasteiger partial charge < -0.3 is 0 Å². The van der Waals surface area contributed by atoms with Gasteiger partial charge >= 0.3 is 0 Å². The Morgan fingerprint density at radius 2 is 2.06 bits per heavy atom. The van der Waals surface area contributed by atoms with Gasteiger partial charge in [0.05, 0.1) is 0 Å². The van der Waals surface area contributed by atoms with E-state index in [0.29, 0.717) is 23.2 Å². The van der Waals surface area contributed by atoms with Crippen molar-refractivity contribution in [2.45, 2.75) is 78.3 Å². The Morgan fingerprint density at radius 3 is 2.72 bits per heavy atom. The average Bonchev–Trinajstić information content (AvgIpc) is 2.65. The third-order valence-corrected chi connectivity index (χ3v) is 5.16. The molecule has 3 unspecified atom stereocenters. The summed E-state index contributed by atoms with van der Waals surface area (Å²) in [6.07, 6.45) is 6.83. The van der Waals surface area contributed by atoms with Gasteiger partial charge in [-0.15, -0.1) is 0 Å². The molecule has 2 aliphatic rings. The summed E-state index contributed by atoms with van der Waals surface area (Å²) in [6, 6.07) is 1.39. The van der Waals surface area contributed by atoms with E-state index in [0.717, 1.165) is 31.8 Å². The van der Waals surface area contributed by atoms with Crippen LogP contribution in [0.25, 0.3) is 0 Å². The molecule has 0 aromatic heterocycles. The van der Waals surface area contributed by atoms with Crippen molar-refractivity contribution in [3.8, 4) is 0 Å². The van der Waals surface area contributed by atoms with Gasteiger partial charge in [0.15, 0.2) is 0 Å². The van der Waals surface area contributed by atoms with E-state index < -0.39 is 0 Å². The monoisotopic (exact) mass is 251 g/mol. The van der Waals surface area contributed by atoms with Crippen molar-refractivity contribution in [3.63, 3.8) is 0 Å². The molecular formula is C16H29NO. The number of hydrogen-bond acceptors (Lipinski definition) is 2. The Morgan fingerprint density at radius 1 is 1.33 bits per heavy atom. The van der Waals surface area contributed by atoms with E-state index in [-0.39, 0.29) is 0 Å². The molecule has 0 bridgehead atoms. The first-order chi connectivity index (χ1) is 8.43. The highest BCUT2D eigenvalue weighted by Gasteiger charge is 2.37. The van der Waals surface area contributed by atoms with Crippen LogP contribution >= 0.6 is 0 Å². The van der Waals surface area contributed by atoms with E-state index in [1.807, 2.05) is 0 Å². The van der Waals surface area contributed by atoms with Crippen molar-refractivity contribution < 1.29 is 4.79 Å². The zero-order chi connectivity index (χ0) is 13.3. The molecule has 0 radical (unpaired) electrons. The maximum absolute atomic E-state index is 12.1. The van der Waals surface area contributed by atoms with Gasteiger partial charge in [0.25, 0.3) is 0 Å². The molecule has 0 aromatic rings. The number of carbonyl (C=O) groups excluding carboxylic acids is 1. The Kier molecular flexibility index (Phi) is 4.15. The summed E-state index contributed by atoms with van der Waals surface area (Å²) >= 11 is 0. The summed E-state index contributed by atoms with van der Waals surface area (Å²) in [5.41, 5.74) is 0.364. The Labute approximate surface area is 112 Å². The molecule has 3 atom stereocenters. The quantitative estimate of drug-likeness (QED) is 0.763. The fourth-order valence-corrected chi connectivity index (χ4v) is 3.86. The van der Waals surface area contributed by atoms with Gasteiger partial charge in [-0.25, -0.2) is 0 Å². The third-order valence-electron chi connectivity index (χ3n) is 5.16. The number of nitrogens with zero attached hydrogens (tertiary/aromatic N) is 1. The molecule has 2 heteroatoms. The lowest BCUT2D eigenvalue weighted by Gasteiger charge is -2.38. The zero-order valence-corrected chi connectivity index (χ0v) is 12.5. The molecule has 0 N–H and O–H groups in total. The molecule has 1 aliphatic carbocycles. The molecule has 2 rings (SSSR count). The standard InChI is InChI=1S/C16H29NO/c1-5-14-7-6-12(2)17(14)11-13-10-16(3,4)9-8-15(13)18/h12-14H,5-11H2,1-4H3. The predicted octanol–water partition coefficient (Wildman–Crippen LogP) is 3.64. The summed E-state index contributed by atoms with van der Waals surface area (Å²) in [7, 11) is 0. The lowest BCUT2D eigenvalue weighted by Crippen LogP contribution is -2.43. The minimum atomic E-state index is 0.295. The van der Waals surface area contributed by atoms with Gasteiger partial charge in [-0.05, 0) is 44.4 Å². The predicted molar refractivity (Wildman–Crippen MR) is 75.6 cm³/mol. The number of hydrogen-bond donors (Lipinski definition) is 0. The molecule has 2 fully saturated rings. The van der Waals surface area contributed by atoms with Crippen LogP contribution < -0.4 is 0 Å². The molecule has 104 valence electrons. The van der Waals surface area contributed by atoms with Crippen molar-refractivity contribution in [3.05, 3.63) is 0 Å². The van der Waals surface area contributed by atoms with E-state index >= 15 is 0 Å². The summed E-state index contributed by atoms with van der Waals surface area (Å²) < 4.78 is 0. The highest BCUT2D eigenvalue weighted by molar-refractivity contribution is 5.82. The maximum Gasteiger partial charge on any atom is 0.137 e. The number of rotatable bonds is 3. The largest absolute Gasteiger partial charge is 0.299 e. The van der Waals surface area contributed by atoms with Gasteiger partial charge in [-0.2, -0.15) is 0 Å². The van der Waals surface area contributed by atoms with E-state index in [9.17, 15) is 4.79 Å². The zero-order valence-electron chi connectivity index (χ0n) is 12.5. The van der Waals surface area contributed by atoms with Gasteiger partial charge in [0, 0.05) is 31.0 Å². The molecule has 1 saturated heterocycles. The molecule has 18 heavy (non-hydrogen) atoms. The van der Waals surface area contributed by atoms with Crippen molar-refractivity contribution >= 4 is 5.78 Å². The molecule has 1 saturated carbocycles. The molecule has 2 nitrogen and oxygen atoms in total. The first-order valence-corrected chi connectivity index (χ1v) is 7.71. The van der Waals surface area contributed by atoms with Crippen LogP contribution in [0.3, 0.4) is 0 Å². The van der Waals surface area contributed by atoms with Crippen molar-refractivity contribution in [1.82, 2.24) is 4.90 Å². The Balaban J connectivity index is 2.00. The van der Waals surface area contributed by atoms with Gasteiger partial charge in [0.2, 0.25) is 0 Å². The number of carbonyl (C=O) groups is 1. The molecule has 1 aliphatic heterocycles. The number of ketones is 1. The Hall–Kier alpha value is -0.370. The van der Waals surface area contributed by atoms with Crippen LogP contribution in [-0.2, 0) is 4.79 Å². The van der Waals surface area contributed by atoms with Gasteiger partial charge in [-0.1, -0.05) is 20.8 Å². The molecule has 0 spiro atoms. The summed E-state index contributed by atoms with van der Waals surface area (Å²) in [5, 5.41) is 0. The molecule has 0 aromatic carbocycles. The second-order valence-corrected chi connectivity index (χ2v) is 7.22. The lowest BCUT2D eigenvalue weighted by atomic mass is 9.71. The highest BCUT2D eigenvalue weighted by Crippen LogP contribution is 2.38. The van der Waals surface area contributed by atoms with Crippen molar-refractivity contribution in [1.29, 1.82) is 0 Å². The SMILES string of the molecule is CCC1CCC(C)N1CC1CC(C)(C)CCC1=O. The second kappa shape index (κ2) is 5.32. The van der Waals surface area contributed by atoms with Crippen LogP contribution in [0.5, 0.6) is 0 Å². The molecule has 1 heterocycles. The second-order valence-electron chi connectivity index (χ2n) is 7.22. The van der Waals surface area contributed by atoms with Crippen LogP contribution in [0.15, 0.2) is 0 Å². The van der Waals surface area contributed by atoms with E-state index in [1.54, 1.807) is 0 Å². The van der Waals surface area contributed by atoms with Crippen molar-refractivity contribution in [2.24, 2.45) is 11.3 Å². The summed E-state index contributed by atoms with van der Waals surface area (Å²) in [6.45, 7) is 10.3. The van der Waals surface area contributed by atoms with Crippen molar-refractivity contribution in [2.75, 3.05) is 6.54 Å². The van der Waals surface area contributed by atoms with Crippen LogP contribution in [0.2, 0.25) is 0 Å². The van der Waals surface area contributed by atoms with Crippen LogP contribution in [0, 0.1) is 11.3 Å². The normalized spacial score (nSPS) is 37.1. The minimum Gasteiger partial charge on any atom is -0.299 e.